The molecule has 8 heteroatoms. The van der Waals surface area contributed by atoms with Gasteiger partial charge in [0.2, 0.25) is 0 Å². The Morgan fingerprint density at radius 1 is 1.29 bits per heavy atom. The molecule has 21 heavy (non-hydrogen) atoms. The van der Waals surface area contributed by atoms with Gasteiger partial charge in [0.15, 0.2) is 5.76 Å². The van der Waals surface area contributed by atoms with E-state index in [0.29, 0.717) is 5.00 Å². The zero-order chi connectivity index (χ0) is 15.4. The first kappa shape index (κ1) is 14.8. The van der Waals surface area contributed by atoms with Crippen LogP contribution in [0.2, 0.25) is 0 Å². The van der Waals surface area contributed by atoms with Gasteiger partial charge in [-0.25, -0.2) is 0 Å². The Bertz CT molecular complexity index is 662. The van der Waals surface area contributed by atoms with E-state index in [1.807, 2.05) is 0 Å². The molecule has 0 aliphatic carbocycles. The van der Waals surface area contributed by atoms with E-state index in [-0.39, 0.29) is 11.3 Å². The van der Waals surface area contributed by atoms with Crippen LogP contribution in [0.1, 0.15) is 27.8 Å². The molecule has 2 aromatic heterocycles. The number of thiophene rings is 1. The molecule has 110 valence electrons. The van der Waals surface area contributed by atoms with E-state index in [1.54, 1.807) is 11.4 Å². The summed E-state index contributed by atoms with van der Waals surface area (Å²) in [5.74, 6) is -2.07. The minimum atomic E-state index is -1.14. The summed E-state index contributed by atoms with van der Waals surface area (Å²) < 4.78 is 4.95. The van der Waals surface area contributed by atoms with Crippen molar-refractivity contribution in [1.82, 2.24) is 5.32 Å². The number of rotatable bonds is 5. The molecule has 0 spiro atoms. The third-order valence-electron chi connectivity index (χ3n) is 2.60. The van der Waals surface area contributed by atoms with Crippen LogP contribution in [-0.2, 0) is 4.79 Å². The van der Waals surface area contributed by atoms with Gasteiger partial charge < -0.3 is 20.2 Å². The maximum atomic E-state index is 12.0. The molecule has 0 bridgehead atoms. The number of carbonyl (C=O) groups excluding carboxylic acids is 2. The summed E-state index contributed by atoms with van der Waals surface area (Å²) in [6.45, 7) is 1.35. The van der Waals surface area contributed by atoms with Crippen molar-refractivity contribution in [3.8, 4) is 0 Å². The molecule has 1 atom stereocenters. The molecule has 0 aliphatic rings. The molecular weight excluding hydrogens is 296 g/mol. The Kier molecular flexibility index (Phi) is 4.39. The van der Waals surface area contributed by atoms with Crippen LogP contribution in [0.5, 0.6) is 0 Å². The van der Waals surface area contributed by atoms with E-state index in [4.69, 9.17) is 9.52 Å². The summed E-state index contributed by atoms with van der Waals surface area (Å²) in [7, 11) is 0. The van der Waals surface area contributed by atoms with Crippen LogP contribution in [0.15, 0.2) is 34.3 Å². The van der Waals surface area contributed by atoms with Crippen molar-refractivity contribution in [1.29, 1.82) is 0 Å². The fourth-order valence-electron chi connectivity index (χ4n) is 1.49. The lowest BCUT2D eigenvalue weighted by molar-refractivity contribution is -0.138. The largest absolute Gasteiger partial charge is 0.480 e. The summed E-state index contributed by atoms with van der Waals surface area (Å²) in [6.07, 6.45) is 1.37. The van der Waals surface area contributed by atoms with E-state index in [9.17, 15) is 14.4 Å². The van der Waals surface area contributed by atoms with Crippen LogP contribution in [0, 0.1) is 0 Å². The molecule has 0 saturated carbocycles. The van der Waals surface area contributed by atoms with Gasteiger partial charge in [-0.1, -0.05) is 0 Å². The van der Waals surface area contributed by atoms with Crippen LogP contribution in [0.25, 0.3) is 0 Å². The van der Waals surface area contributed by atoms with Gasteiger partial charge in [0.05, 0.1) is 11.8 Å². The van der Waals surface area contributed by atoms with Gasteiger partial charge in [-0.3, -0.25) is 14.4 Å². The third kappa shape index (κ3) is 3.48. The minimum Gasteiger partial charge on any atom is -0.480 e. The molecule has 2 rings (SSSR count). The zero-order valence-corrected chi connectivity index (χ0v) is 11.8. The number of carboxylic acid groups (broad SMARTS) is 1. The Labute approximate surface area is 123 Å². The lowest BCUT2D eigenvalue weighted by Gasteiger charge is -2.09. The SMILES string of the molecule is C[C@H](NC(=O)c1ccsc1NC(=O)c1ccco1)C(=O)O. The Morgan fingerprint density at radius 2 is 2.05 bits per heavy atom. The molecule has 7 nitrogen and oxygen atoms in total. The van der Waals surface area contributed by atoms with Gasteiger partial charge >= 0.3 is 5.97 Å². The summed E-state index contributed by atoms with van der Waals surface area (Å²) in [4.78, 5) is 34.5. The number of nitrogens with one attached hydrogen (secondary N) is 2. The highest BCUT2D eigenvalue weighted by molar-refractivity contribution is 7.14. The van der Waals surface area contributed by atoms with Crippen molar-refractivity contribution < 1.29 is 23.9 Å². The van der Waals surface area contributed by atoms with Crippen molar-refractivity contribution in [3.63, 3.8) is 0 Å². The topological polar surface area (TPSA) is 109 Å². The van der Waals surface area contributed by atoms with Crippen LogP contribution in [0.3, 0.4) is 0 Å². The summed E-state index contributed by atoms with van der Waals surface area (Å²) in [6, 6.07) is 3.55. The molecule has 2 aromatic rings. The van der Waals surface area contributed by atoms with Gasteiger partial charge in [-0.2, -0.15) is 0 Å². The van der Waals surface area contributed by atoms with Gasteiger partial charge in [0.1, 0.15) is 11.0 Å². The van der Waals surface area contributed by atoms with Gasteiger partial charge in [0.25, 0.3) is 11.8 Å². The quantitative estimate of drug-likeness (QED) is 0.780. The molecule has 2 amide bonds. The van der Waals surface area contributed by atoms with Crippen LogP contribution in [-0.4, -0.2) is 28.9 Å². The first-order valence-electron chi connectivity index (χ1n) is 5.95. The third-order valence-corrected chi connectivity index (χ3v) is 3.43. The molecule has 3 N–H and O–H groups in total. The summed E-state index contributed by atoms with van der Waals surface area (Å²) in [5, 5.41) is 15.6. The predicted octanol–water partition coefficient (Wildman–Crippen LogP) is 1.80. The highest BCUT2D eigenvalue weighted by atomic mass is 32.1. The van der Waals surface area contributed by atoms with E-state index in [0.717, 1.165) is 11.3 Å². The number of anilines is 1. The first-order chi connectivity index (χ1) is 9.99. The monoisotopic (exact) mass is 308 g/mol. The van der Waals surface area contributed by atoms with Crippen molar-refractivity contribution >= 4 is 34.1 Å². The van der Waals surface area contributed by atoms with E-state index in [2.05, 4.69) is 10.6 Å². The number of hydrogen-bond donors (Lipinski definition) is 3. The maximum Gasteiger partial charge on any atom is 0.325 e. The number of aliphatic carboxylic acids is 1. The molecule has 0 aromatic carbocycles. The van der Waals surface area contributed by atoms with Crippen LogP contribution >= 0.6 is 11.3 Å². The van der Waals surface area contributed by atoms with E-state index >= 15 is 0 Å². The molecule has 2 heterocycles. The van der Waals surface area contributed by atoms with Crippen molar-refractivity contribution in [2.24, 2.45) is 0 Å². The fraction of sp³-hybridized carbons (Fsp3) is 0.154. The fourth-order valence-corrected chi connectivity index (χ4v) is 2.27. The van der Waals surface area contributed by atoms with Crippen molar-refractivity contribution in [3.05, 3.63) is 41.2 Å². The highest BCUT2D eigenvalue weighted by Gasteiger charge is 2.20. The Hall–Kier alpha value is -2.61. The van der Waals surface area contributed by atoms with Crippen LogP contribution < -0.4 is 10.6 Å². The molecule has 0 radical (unpaired) electrons. The summed E-state index contributed by atoms with van der Waals surface area (Å²) in [5.41, 5.74) is 0.202. The molecule has 0 aliphatic heterocycles. The zero-order valence-electron chi connectivity index (χ0n) is 11.0. The Morgan fingerprint density at radius 3 is 2.67 bits per heavy atom. The predicted molar refractivity (Wildman–Crippen MR) is 75.5 cm³/mol. The van der Waals surface area contributed by atoms with Gasteiger partial charge in [-0.05, 0) is 30.5 Å². The maximum absolute atomic E-state index is 12.0. The second-order valence-corrected chi connectivity index (χ2v) is 5.04. The molecule has 0 fully saturated rings. The number of amides is 2. The molecule has 0 saturated heterocycles. The average Bonchev–Trinajstić information content (AvgIpc) is 3.09. The number of hydrogen-bond acceptors (Lipinski definition) is 5. The smallest absolute Gasteiger partial charge is 0.325 e. The van der Waals surface area contributed by atoms with Crippen molar-refractivity contribution in [2.45, 2.75) is 13.0 Å². The van der Waals surface area contributed by atoms with Crippen molar-refractivity contribution in [2.75, 3.05) is 5.32 Å². The first-order valence-corrected chi connectivity index (χ1v) is 6.83. The van der Waals surface area contributed by atoms with Gasteiger partial charge in [-0.15, -0.1) is 11.3 Å². The number of carbonyl (C=O) groups is 3. The van der Waals surface area contributed by atoms with Gasteiger partial charge in [0, 0.05) is 0 Å². The second-order valence-electron chi connectivity index (χ2n) is 4.13. The standard InChI is InChI=1S/C13H12N2O5S/c1-7(13(18)19)14-10(16)8-4-6-21-12(8)15-11(17)9-3-2-5-20-9/h2-7H,1H3,(H,14,16)(H,15,17)(H,18,19)/t7-/m0/s1. The van der Waals surface area contributed by atoms with Crippen LogP contribution in [0.4, 0.5) is 5.00 Å². The average molecular weight is 308 g/mol. The lowest BCUT2D eigenvalue weighted by atomic mass is 10.2. The van der Waals surface area contributed by atoms with E-state index in [1.165, 1.54) is 25.3 Å². The Balaban J connectivity index is 2.10. The summed E-state index contributed by atoms with van der Waals surface area (Å²) >= 11 is 1.16. The van der Waals surface area contributed by atoms with E-state index < -0.39 is 23.8 Å². The second kappa shape index (κ2) is 6.23. The molecular formula is C13H12N2O5S. The lowest BCUT2D eigenvalue weighted by Crippen LogP contribution is -2.38. The normalized spacial score (nSPS) is 11.7. The minimum absolute atomic E-state index is 0.119. The number of furan rings is 1. The number of carboxylic acids is 1. The highest BCUT2D eigenvalue weighted by Crippen LogP contribution is 2.24. The molecule has 0 unspecified atom stereocenters.